The van der Waals surface area contributed by atoms with E-state index in [4.69, 9.17) is 10.5 Å². The van der Waals surface area contributed by atoms with Crippen LogP contribution < -0.4 is 10.5 Å². The van der Waals surface area contributed by atoms with Gasteiger partial charge in [-0.3, -0.25) is 0 Å². The summed E-state index contributed by atoms with van der Waals surface area (Å²) in [5.74, 6) is 6.71. The Hall–Kier alpha value is -1.50. The van der Waals surface area contributed by atoms with E-state index in [2.05, 4.69) is 37.6 Å². The number of benzene rings is 1. The molecule has 0 bridgehead atoms. The van der Waals surface area contributed by atoms with Crippen LogP contribution in [0.3, 0.4) is 0 Å². The molecule has 0 fully saturated rings. The molecule has 0 saturated carbocycles. The van der Waals surface area contributed by atoms with Crippen molar-refractivity contribution in [1.29, 1.82) is 0 Å². The summed E-state index contributed by atoms with van der Waals surface area (Å²) < 4.78 is 5.75. The summed E-state index contributed by atoms with van der Waals surface area (Å²) >= 11 is 0. The number of ether oxygens (including phenoxy) is 1. The molecule has 1 rings (SSSR count). The van der Waals surface area contributed by atoms with E-state index >= 15 is 0 Å². The molecule has 0 spiro atoms. The predicted octanol–water partition coefficient (Wildman–Crippen LogP) is 2.11. The van der Waals surface area contributed by atoms with Crippen LogP contribution >= 0.6 is 0 Å². The molecule has 3 heteroatoms. The zero-order chi connectivity index (χ0) is 14.1. The van der Waals surface area contributed by atoms with E-state index in [1.807, 2.05) is 24.3 Å². The first-order valence-corrected chi connectivity index (χ1v) is 6.79. The van der Waals surface area contributed by atoms with Gasteiger partial charge in [-0.1, -0.05) is 24.8 Å². The lowest BCUT2D eigenvalue weighted by Gasteiger charge is -2.23. The predicted molar refractivity (Wildman–Crippen MR) is 80.3 cm³/mol. The Kier molecular flexibility index (Phi) is 7.02. The Morgan fingerprint density at radius 1 is 1.42 bits per heavy atom. The smallest absolute Gasteiger partial charge is 0.120 e. The zero-order valence-electron chi connectivity index (χ0n) is 12.1. The van der Waals surface area contributed by atoms with Crippen LogP contribution in [0.25, 0.3) is 0 Å². The molecule has 2 N–H and O–H groups in total. The molecule has 0 radical (unpaired) electrons. The van der Waals surface area contributed by atoms with Crippen molar-refractivity contribution in [2.24, 2.45) is 5.73 Å². The fourth-order valence-corrected chi connectivity index (χ4v) is 1.66. The number of rotatable bonds is 6. The number of nitrogens with zero attached hydrogens (tertiary/aromatic N) is 1. The molecular weight excluding hydrogens is 236 g/mol. The largest absolute Gasteiger partial charge is 0.492 e. The van der Waals surface area contributed by atoms with Crippen molar-refractivity contribution in [1.82, 2.24) is 4.90 Å². The SMILES string of the molecule is CCC(C)N(C)CCOc1cccc(C#CCN)c1. The molecule has 3 nitrogen and oxygen atoms in total. The fraction of sp³-hybridized carbons (Fsp3) is 0.500. The van der Waals surface area contributed by atoms with Gasteiger partial charge in [0.25, 0.3) is 0 Å². The van der Waals surface area contributed by atoms with E-state index in [0.29, 0.717) is 19.2 Å². The van der Waals surface area contributed by atoms with Crippen molar-refractivity contribution in [3.63, 3.8) is 0 Å². The van der Waals surface area contributed by atoms with Crippen LogP contribution in [0.15, 0.2) is 24.3 Å². The van der Waals surface area contributed by atoms with Crippen LogP contribution in [-0.4, -0.2) is 37.7 Å². The second-order valence-corrected chi connectivity index (χ2v) is 4.62. The minimum Gasteiger partial charge on any atom is -0.492 e. The third kappa shape index (κ3) is 5.78. The van der Waals surface area contributed by atoms with Crippen molar-refractivity contribution in [3.8, 4) is 17.6 Å². The van der Waals surface area contributed by atoms with Crippen LogP contribution in [0.2, 0.25) is 0 Å². The van der Waals surface area contributed by atoms with Crippen LogP contribution in [-0.2, 0) is 0 Å². The van der Waals surface area contributed by atoms with E-state index in [1.54, 1.807) is 0 Å². The summed E-state index contributed by atoms with van der Waals surface area (Å²) in [5.41, 5.74) is 6.30. The van der Waals surface area contributed by atoms with Crippen molar-refractivity contribution >= 4 is 0 Å². The Morgan fingerprint density at radius 2 is 2.21 bits per heavy atom. The first kappa shape index (κ1) is 15.6. The van der Waals surface area contributed by atoms with Gasteiger partial charge in [-0.05, 0) is 38.6 Å². The highest BCUT2D eigenvalue weighted by atomic mass is 16.5. The first-order chi connectivity index (χ1) is 9.17. The van der Waals surface area contributed by atoms with E-state index in [-0.39, 0.29) is 0 Å². The third-order valence-electron chi connectivity index (χ3n) is 3.22. The topological polar surface area (TPSA) is 38.5 Å². The van der Waals surface area contributed by atoms with Crippen LogP contribution in [0.1, 0.15) is 25.8 Å². The van der Waals surface area contributed by atoms with Gasteiger partial charge in [0.05, 0.1) is 6.54 Å². The average molecular weight is 260 g/mol. The lowest BCUT2D eigenvalue weighted by molar-refractivity contribution is 0.196. The molecule has 1 aromatic rings. The molecular formula is C16H24N2O. The summed E-state index contributed by atoms with van der Waals surface area (Å²) in [5, 5.41) is 0. The van der Waals surface area contributed by atoms with Gasteiger partial charge in [0.1, 0.15) is 12.4 Å². The van der Waals surface area contributed by atoms with Gasteiger partial charge in [0, 0.05) is 18.2 Å². The van der Waals surface area contributed by atoms with Gasteiger partial charge in [0.15, 0.2) is 0 Å². The first-order valence-electron chi connectivity index (χ1n) is 6.79. The Bertz CT molecular complexity index is 434. The van der Waals surface area contributed by atoms with E-state index in [1.165, 1.54) is 0 Å². The standard InChI is InChI=1S/C16H24N2O/c1-4-14(2)18(3)11-12-19-16-9-5-7-15(13-16)8-6-10-17/h5,7,9,13-14H,4,10-12,17H2,1-3H3. The Balaban J connectivity index is 2.45. The van der Waals surface area contributed by atoms with Gasteiger partial charge < -0.3 is 15.4 Å². The van der Waals surface area contributed by atoms with Crippen molar-refractivity contribution in [3.05, 3.63) is 29.8 Å². The van der Waals surface area contributed by atoms with E-state index in [0.717, 1.165) is 24.3 Å². The molecule has 0 aliphatic carbocycles. The number of nitrogens with two attached hydrogens (primary N) is 1. The second-order valence-electron chi connectivity index (χ2n) is 4.62. The second kappa shape index (κ2) is 8.58. The molecule has 0 aliphatic heterocycles. The highest BCUT2D eigenvalue weighted by Gasteiger charge is 2.06. The van der Waals surface area contributed by atoms with E-state index in [9.17, 15) is 0 Å². The van der Waals surface area contributed by atoms with Crippen LogP contribution in [0.5, 0.6) is 5.75 Å². The molecule has 0 aromatic heterocycles. The van der Waals surface area contributed by atoms with E-state index < -0.39 is 0 Å². The molecule has 0 heterocycles. The summed E-state index contributed by atoms with van der Waals surface area (Å²) in [4.78, 5) is 2.30. The highest BCUT2D eigenvalue weighted by Crippen LogP contribution is 2.12. The molecule has 1 aromatic carbocycles. The zero-order valence-corrected chi connectivity index (χ0v) is 12.1. The Labute approximate surface area is 116 Å². The monoisotopic (exact) mass is 260 g/mol. The molecule has 0 amide bonds. The van der Waals surface area contributed by atoms with Crippen LogP contribution in [0, 0.1) is 11.8 Å². The summed E-state index contributed by atoms with van der Waals surface area (Å²) in [6.07, 6.45) is 1.15. The minimum atomic E-state index is 0.380. The maximum atomic E-state index is 5.75. The number of hydrogen-bond acceptors (Lipinski definition) is 3. The van der Waals surface area contributed by atoms with Crippen molar-refractivity contribution in [2.75, 3.05) is 26.7 Å². The summed E-state index contributed by atoms with van der Waals surface area (Å²) in [6.45, 7) is 6.41. The molecule has 0 aliphatic rings. The quantitative estimate of drug-likeness (QED) is 0.796. The summed E-state index contributed by atoms with van der Waals surface area (Å²) in [6, 6.07) is 8.41. The van der Waals surface area contributed by atoms with Gasteiger partial charge in [-0.25, -0.2) is 0 Å². The highest BCUT2D eigenvalue weighted by molar-refractivity contribution is 5.39. The lowest BCUT2D eigenvalue weighted by Crippen LogP contribution is -2.32. The maximum Gasteiger partial charge on any atom is 0.120 e. The van der Waals surface area contributed by atoms with Gasteiger partial charge in [-0.2, -0.15) is 0 Å². The minimum absolute atomic E-state index is 0.380. The normalized spacial score (nSPS) is 11.8. The van der Waals surface area contributed by atoms with Gasteiger partial charge in [-0.15, -0.1) is 0 Å². The lowest BCUT2D eigenvalue weighted by atomic mass is 10.2. The van der Waals surface area contributed by atoms with Crippen molar-refractivity contribution in [2.45, 2.75) is 26.3 Å². The van der Waals surface area contributed by atoms with Gasteiger partial charge in [0.2, 0.25) is 0 Å². The Morgan fingerprint density at radius 3 is 2.89 bits per heavy atom. The molecule has 19 heavy (non-hydrogen) atoms. The number of hydrogen-bond donors (Lipinski definition) is 1. The van der Waals surface area contributed by atoms with Crippen molar-refractivity contribution < 1.29 is 4.74 Å². The molecule has 1 unspecified atom stereocenters. The third-order valence-corrected chi connectivity index (χ3v) is 3.22. The fourth-order valence-electron chi connectivity index (χ4n) is 1.66. The number of likely N-dealkylation sites (N-methyl/N-ethyl adjacent to an activating group) is 1. The average Bonchev–Trinajstić information content (AvgIpc) is 2.44. The van der Waals surface area contributed by atoms with Crippen LogP contribution in [0.4, 0.5) is 0 Å². The molecule has 1 atom stereocenters. The molecule has 0 saturated heterocycles. The maximum absolute atomic E-state index is 5.75. The molecule has 104 valence electrons. The summed E-state index contributed by atoms with van der Waals surface area (Å²) in [7, 11) is 2.13. The van der Waals surface area contributed by atoms with Gasteiger partial charge >= 0.3 is 0 Å².